The molecule has 0 aliphatic carbocycles. The second-order valence-corrected chi connectivity index (χ2v) is 6.47. The van der Waals surface area contributed by atoms with Crippen LogP contribution in [0.25, 0.3) is 11.0 Å². The van der Waals surface area contributed by atoms with Crippen molar-refractivity contribution in [3.8, 4) is 0 Å². The largest absolute Gasteiger partial charge is 0.305 e. The first-order valence-corrected chi connectivity index (χ1v) is 6.69. The van der Waals surface area contributed by atoms with Crippen LogP contribution in [-0.2, 0) is 9.84 Å². The van der Waals surface area contributed by atoms with E-state index in [-0.39, 0.29) is 4.90 Å². The molecule has 0 atom stereocenters. The molecule has 0 fully saturated rings. The van der Waals surface area contributed by atoms with Crippen molar-refractivity contribution in [2.45, 2.75) is 24.0 Å². The van der Waals surface area contributed by atoms with Gasteiger partial charge in [-0.2, -0.15) is 0 Å². The summed E-state index contributed by atoms with van der Waals surface area (Å²) in [7, 11) is -3.57. The SMILES string of the molecule is CC(C)S(=O)(=O)c1cc2cccnc2[nH]c1=O. The number of H-pyrrole nitrogens is 1. The van der Waals surface area contributed by atoms with Gasteiger partial charge in [-0.1, -0.05) is 0 Å². The molecule has 0 spiro atoms. The summed E-state index contributed by atoms with van der Waals surface area (Å²) in [6, 6.07) is 4.76. The molecule has 0 unspecified atom stereocenters. The van der Waals surface area contributed by atoms with E-state index in [0.29, 0.717) is 11.0 Å². The van der Waals surface area contributed by atoms with Crippen molar-refractivity contribution in [1.29, 1.82) is 0 Å². The first-order chi connectivity index (χ1) is 7.93. The fraction of sp³-hybridized carbons (Fsp3) is 0.273. The number of pyridine rings is 2. The lowest BCUT2D eigenvalue weighted by Crippen LogP contribution is -2.23. The van der Waals surface area contributed by atoms with Crippen LogP contribution in [-0.4, -0.2) is 23.6 Å². The van der Waals surface area contributed by atoms with Gasteiger partial charge in [-0.05, 0) is 32.0 Å². The molecule has 90 valence electrons. The zero-order chi connectivity index (χ0) is 12.6. The Hall–Kier alpha value is -1.69. The highest BCUT2D eigenvalue weighted by Gasteiger charge is 2.23. The second kappa shape index (κ2) is 3.96. The first-order valence-electron chi connectivity index (χ1n) is 5.15. The lowest BCUT2D eigenvalue weighted by molar-refractivity contribution is 0.586. The van der Waals surface area contributed by atoms with E-state index in [4.69, 9.17) is 0 Å². The van der Waals surface area contributed by atoms with E-state index in [2.05, 4.69) is 9.97 Å². The maximum absolute atomic E-state index is 12.0. The molecule has 2 rings (SSSR count). The third-order valence-electron chi connectivity index (χ3n) is 2.51. The fourth-order valence-electron chi connectivity index (χ4n) is 1.48. The van der Waals surface area contributed by atoms with Crippen molar-refractivity contribution in [3.05, 3.63) is 34.7 Å². The highest BCUT2D eigenvalue weighted by molar-refractivity contribution is 7.92. The van der Waals surface area contributed by atoms with Gasteiger partial charge >= 0.3 is 0 Å². The smallest absolute Gasteiger partial charge is 0.268 e. The molecule has 2 aromatic rings. The summed E-state index contributed by atoms with van der Waals surface area (Å²) in [6.07, 6.45) is 1.54. The minimum absolute atomic E-state index is 0.201. The Morgan fingerprint density at radius 1 is 1.35 bits per heavy atom. The highest BCUT2D eigenvalue weighted by Crippen LogP contribution is 2.15. The molecule has 0 aliphatic heterocycles. The van der Waals surface area contributed by atoms with Crippen molar-refractivity contribution in [3.63, 3.8) is 0 Å². The summed E-state index contributed by atoms with van der Waals surface area (Å²) in [5, 5.41) is -0.0240. The third-order valence-corrected chi connectivity index (χ3v) is 4.67. The number of sulfone groups is 1. The number of nitrogens with zero attached hydrogens (tertiary/aromatic N) is 1. The number of fused-ring (bicyclic) bond motifs is 1. The van der Waals surface area contributed by atoms with Crippen molar-refractivity contribution in [1.82, 2.24) is 9.97 Å². The maximum Gasteiger partial charge on any atom is 0.268 e. The Kier molecular flexibility index (Phi) is 2.74. The number of hydrogen-bond acceptors (Lipinski definition) is 4. The molecule has 1 N–H and O–H groups in total. The van der Waals surface area contributed by atoms with Gasteiger partial charge in [0, 0.05) is 11.6 Å². The molecule has 17 heavy (non-hydrogen) atoms. The summed E-state index contributed by atoms with van der Waals surface area (Å²) in [4.78, 5) is 17.9. The summed E-state index contributed by atoms with van der Waals surface area (Å²) in [5.74, 6) is 0. The summed E-state index contributed by atoms with van der Waals surface area (Å²) >= 11 is 0. The van der Waals surface area contributed by atoms with Crippen molar-refractivity contribution in [2.24, 2.45) is 0 Å². The van der Waals surface area contributed by atoms with Crippen molar-refractivity contribution in [2.75, 3.05) is 0 Å². The number of rotatable bonds is 2. The standard InChI is InChI=1S/C11H12N2O3S/c1-7(2)17(15,16)9-6-8-4-3-5-12-10(8)13-11(9)14/h3-7H,1-2H3,(H,12,13,14). The van der Waals surface area contributed by atoms with Crippen molar-refractivity contribution < 1.29 is 8.42 Å². The predicted octanol–water partition coefficient (Wildman–Crippen LogP) is 1.11. The van der Waals surface area contributed by atoms with Crippen LogP contribution in [0.5, 0.6) is 0 Å². The first kappa shape index (κ1) is 11.8. The van der Waals surface area contributed by atoms with Crippen LogP contribution in [0.2, 0.25) is 0 Å². The van der Waals surface area contributed by atoms with Crippen molar-refractivity contribution >= 4 is 20.9 Å². The van der Waals surface area contributed by atoms with Gasteiger partial charge in [0.1, 0.15) is 10.5 Å². The molecule has 0 aliphatic rings. The average molecular weight is 252 g/mol. The van der Waals surface area contributed by atoms with Gasteiger partial charge in [-0.25, -0.2) is 13.4 Å². The van der Waals surface area contributed by atoms with E-state index >= 15 is 0 Å². The number of aromatic amines is 1. The van der Waals surface area contributed by atoms with Crippen LogP contribution in [0.1, 0.15) is 13.8 Å². The Labute approximate surface area is 98.4 Å². The lowest BCUT2D eigenvalue weighted by atomic mass is 10.3. The van der Waals surface area contributed by atoms with E-state index in [1.165, 1.54) is 12.3 Å². The molecular formula is C11H12N2O3S. The molecule has 0 amide bonds. The summed E-state index contributed by atoms with van der Waals surface area (Å²) in [5.41, 5.74) is -0.231. The molecular weight excluding hydrogens is 240 g/mol. The van der Waals surface area contributed by atoms with Crippen LogP contribution in [0, 0.1) is 0 Å². The number of aromatic nitrogens is 2. The van der Waals surface area contributed by atoms with Gasteiger partial charge in [0.25, 0.3) is 5.56 Å². The predicted molar refractivity (Wildman–Crippen MR) is 64.7 cm³/mol. The van der Waals surface area contributed by atoms with E-state index in [1.807, 2.05) is 0 Å². The molecule has 0 saturated heterocycles. The lowest BCUT2D eigenvalue weighted by Gasteiger charge is -2.07. The monoisotopic (exact) mass is 252 g/mol. The van der Waals surface area contributed by atoms with Gasteiger partial charge in [0.15, 0.2) is 9.84 Å². The van der Waals surface area contributed by atoms with Gasteiger partial charge in [-0.15, -0.1) is 0 Å². The zero-order valence-electron chi connectivity index (χ0n) is 9.47. The minimum Gasteiger partial charge on any atom is -0.305 e. The van der Waals surface area contributed by atoms with Crippen LogP contribution in [0.3, 0.4) is 0 Å². The quantitative estimate of drug-likeness (QED) is 0.868. The Morgan fingerprint density at radius 2 is 2.06 bits per heavy atom. The Morgan fingerprint density at radius 3 is 2.71 bits per heavy atom. The van der Waals surface area contributed by atoms with Gasteiger partial charge < -0.3 is 4.98 Å². The number of hydrogen-bond donors (Lipinski definition) is 1. The van der Waals surface area contributed by atoms with E-state index < -0.39 is 20.6 Å². The van der Waals surface area contributed by atoms with E-state index in [9.17, 15) is 13.2 Å². The minimum atomic E-state index is -3.57. The van der Waals surface area contributed by atoms with Gasteiger partial charge in [0.05, 0.1) is 5.25 Å². The van der Waals surface area contributed by atoms with Gasteiger partial charge in [-0.3, -0.25) is 4.79 Å². The Bertz CT molecular complexity index is 717. The normalized spacial score (nSPS) is 12.2. The molecule has 0 bridgehead atoms. The molecule has 6 heteroatoms. The highest BCUT2D eigenvalue weighted by atomic mass is 32.2. The van der Waals surface area contributed by atoms with Gasteiger partial charge in [0.2, 0.25) is 0 Å². The molecule has 2 aromatic heterocycles. The summed E-state index contributed by atoms with van der Waals surface area (Å²) in [6.45, 7) is 3.09. The molecule has 0 aromatic carbocycles. The third kappa shape index (κ3) is 1.95. The molecule has 5 nitrogen and oxygen atoms in total. The van der Waals surface area contributed by atoms with Crippen LogP contribution in [0.4, 0.5) is 0 Å². The molecule has 2 heterocycles. The zero-order valence-corrected chi connectivity index (χ0v) is 10.3. The van der Waals surface area contributed by atoms with Crippen LogP contribution in [0.15, 0.2) is 34.1 Å². The fourth-order valence-corrected chi connectivity index (χ4v) is 2.59. The molecule has 0 saturated carbocycles. The number of nitrogens with one attached hydrogen (secondary N) is 1. The second-order valence-electron chi connectivity index (χ2n) is 4.00. The maximum atomic E-state index is 12.0. The topological polar surface area (TPSA) is 79.9 Å². The van der Waals surface area contributed by atoms with E-state index in [1.54, 1.807) is 26.0 Å². The molecule has 0 radical (unpaired) electrons. The Balaban J connectivity index is 2.81. The van der Waals surface area contributed by atoms with E-state index in [0.717, 1.165) is 0 Å². The van der Waals surface area contributed by atoms with Crippen LogP contribution >= 0.6 is 0 Å². The average Bonchev–Trinajstić information content (AvgIpc) is 2.27. The summed E-state index contributed by atoms with van der Waals surface area (Å²) < 4.78 is 23.9. The van der Waals surface area contributed by atoms with Crippen LogP contribution < -0.4 is 5.56 Å².